The molecule has 3 heteroatoms. The Hall–Kier alpha value is -1.53. The van der Waals surface area contributed by atoms with E-state index in [0.29, 0.717) is 5.56 Å². The number of phenolic OH excluding ortho intramolecular Hbond substituents is 1. The predicted molar refractivity (Wildman–Crippen MR) is 54.6 cm³/mol. The van der Waals surface area contributed by atoms with Crippen LogP contribution in [-0.2, 0) is 6.42 Å². The molecule has 0 heterocycles. The van der Waals surface area contributed by atoms with Crippen molar-refractivity contribution in [3.63, 3.8) is 0 Å². The summed E-state index contributed by atoms with van der Waals surface area (Å²) in [5, 5.41) is 18.1. The van der Waals surface area contributed by atoms with Crippen molar-refractivity contribution in [2.75, 3.05) is 0 Å². The number of hydrogen-bond acceptors (Lipinski definition) is 3. The van der Waals surface area contributed by atoms with E-state index >= 15 is 0 Å². The topological polar surface area (TPSA) is 70.0 Å². The van der Waals surface area contributed by atoms with Gasteiger partial charge in [0.1, 0.15) is 5.75 Å². The van der Waals surface area contributed by atoms with Gasteiger partial charge < -0.3 is 10.8 Å². The summed E-state index contributed by atoms with van der Waals surface area (Å²) in [7, 11) is 0. The highest BCUT2D eigenvalue weighted by atomic mass is 16.3. The molecule has 1 rings (SSSR count). The number of aryl methyl sites for hydroxylation is 1. The predicted octanol–water partition coefficient (Wildman–Crippen LogP) is 1.87. The number of rotatable bonds is 3. The number of hydrogen-bond donors (Lipinski definition) is 2. The molecule has 0 aliphatic rings. The van der Waals surface area contributed by atoms with Crippen LogP contribution < -0.4 is 5.73 Å². The molecule has 3 nitrogen and oxygen atoms in total. The standard InChI is InChI=1S/C11H14N2O/c1-2-8-3-4-9(11(14)7-8)10(13)5-6-12/h3-4,7,10,14H,2,5,13H2,1H3/t10-/m0/s1. The lowest BCUT2D eigenvalue weighted by atomic mass is 10.0. The zero-order valence-corrected chi connectivity index (χ0v) is 8.20. The van der Waals surface area contributed by atoms with Gasteiger partial charge in [0, 0.05) is 11.6 Å². The van der Waals surface area contributed by atoms with E-state index in [1.54, 1.807) is 12.1 Å². The molecule has 1 aromatic carbocycles. The van der Waals surface area contributed by atoms with E-state index in [1.807, 2.05) is 19.1 Å². The molecule has 1 aromatic rings. The molecule has 0 unspecified atom stereocenters. The van der Waals surface area contributed by atoms with Crippen LogP contribution in [0.2, 0.25) is 0 Å². The van der Waals surface area contributed by atoms with Gasteiger partial charge in [0.25, 0.3) is 0 Å². The first kappa shape index (κ1) is 10.6. The van der Waals surface area contributed by atoms with Crippen LogP contribution in [0, 0.1) is 11.3 Å². The van der Waals surface area contributed by atoms with E-state index < -0.39 is 6.04 Å². The van der Waals surface area contributed by atoms with Crippen molar-refractivity contribution in [1.82, 2.24) is 0 Å². The summed E-state index contributed by atoms with van der Waals surface area (Å²) in [5.74, 6) is 0.187. The third-order valence-electron chi connectivity index (χ3n) is 2.21. The Kier molecular flexibility index (Phi) is 3.49. The normalized spacial score (nSPS) is 12.1. The smallest absolute Gasteiger partial charge is 0.120 e. The van der Waals surface area contributed by atoms with Crippen LogP contribution in [0.1, 0.15) is 30.5 Å². The van der Waals surface area contributed by atoms with Gasteiger partial charge in [-0.15, -0.1) is 0 Å². The van der Waals surface area contributed by atoms with Gasteiger partial charge in [-0.3, -0.25) is 0 Å². The van der Waals surface area contributed by atoms with Gasteiger partial charge >= 0.3 is 0 Å². The van der Waals surface area contributed by atoms with Crippen molar-refractivity contribution in [3.8, 4) is 11.8 Å². The van der Waals surface area contributed by atoms with Gasteiger partial charge in [-0.2, -0.15) is 5.26 Å². The molecule has 0 bridgehead atoms. The largest absolute Gasteiger partial charge is 0.508 e. The molecular formula is C11H14N2O. The average Bonchev–Trinajstić information content (AvgIpc) is 2.17. The molecule has 0 saturated heterocycles. The number of nitriles is 1. The molecular weight excluding hydrogens is 176 g/mol. The molecule has 0 aliphatic carbocycles. The number of nitrogens with two attached hydrogens (primary N) is 1. The van der Waals surface area contributed by atoms with Crippen LogP contribution in [0.25, 0.3) is 0 Å². The Morgan fingerprint density at radius 1 is 1.57 bits per heavy atom. The fraction of sp³-hybridized carbons (Fsp3) is 0.364. The molecule has 14 heavy (non-hydrogen) atoms. The Morgan fingerprint density at radius 2 is 2.29 bits per heavy atom. The summed E-state index contributed by atoms with van der Waals surface area (Å²) >= 11 is 0. The third-order valence-corrected chi connectivity index (χ3v) is 2.21. The molecule has 3 N–H and O–H groups in total. The highest BCUT2D eigenvalue weighted by Crippen LogP contribution is 2.25. The Morgan fingerprint density at radius 3 is 2.79 bits per heavy atom. The average molecular weight is 190 g/mol. The van der Waals surface area contributed by atoms with Crippen molar-refractivity contribution in [3.05, 3.63) is 29.3 Å². The van der Waals surface area contributed by atoms with Crippen LogP contribution in [0.3, 0.4) is 0 Å². The molecule has 0 fully saturated rings. The minimum Gasteiger partial charge on any atom is -0.508 e. The maximum absolute atomic E-state index is 9.63. The quantitative estimate of drug-likeness (QED) is 0.764. The van der Waals surface area contributed by atoms with E-state index in [9.17, 15) is 5.11 Å². The first-order valence-electron chi connectivity index (χ1n) is 4.63. The van der Waals surface area contributed by atoms with Crippen molar-refractivity contribution >= 4 is 0 Å². The SMILES string of the molecule is CCc1ccc([C@@H](N)CC#N)c(O)c1. The zero-order valence-electron chi connectivity index (χ0n) is 8.20. The van der Waals surface area contributed by atoms with Crippen LogP contribution in [0.4, 0.5) is 0 Å². The second-order valence-electron chi connectivity index (χ2n) is 3.22. The maximum atomic E-state index is 9.63. The lowest BCUT2D eigenvalue weighted by Crippen LogP contribution is -2.09. The van der Waals surface area contributed by atoms with Crippen LogP contribution in [-0.4, -0.2) is 5.11 Å². The Balaban J connectivity index is 2.94. The summed E-state index contributed by atoms with van der Waals surface area (Å²) in [6, 6.07) is 7.00. The number of phenols is 1. The number of benzene rings is 1. The fourth-order valence-electron chi connectivity index (χ4n) is 1.33. The first-order valence-corrected chi connectivity index (χ1v) is 4.63. The molecule has 0 radical (unpaired) electrons. The number of aromatic hydroxyl groups is 1. The lowest BCUT2D eigenvalue weighted by molar-refractivity contribution is 0.461. The Bertz CT molecular complexity index is 355. The summed E-state index contributed by atoms with van der Waals surface area (Å²) in [6.45, 7) is 2.02. The minimum atomic E-state index is -0.397. The highest BCUT2D eigenvalue weighted by Gasteiger charge is 2.10. The molecule has 0 aliphatic heterocycles. The van der Waals surface area contributed by atoms with Gasteiger partial charge in [-0.05, 0) is 18.1 Å². The lowest BCUT2D eigenvalue weighted by Gasteiger charge is -2.10. The molecule has 0 saturated carbocycles. The molecule has 0 spiro atoms. The second kappa shape index (κ2) is 4.64. The van der Waals surface area contributed by atoms with Gasteiger partial charge in [-0.1, -0.05) is 19.1 Å². The minimum absolute atomic E-state index is 0.187. The van der Waals surface area contributed by atoms with Crippen LogP contribution in [0.5, 0.6) is 5.75 Å². The molecule has 74 valence electrons. The third kappa shape index (κ3) is 2.24. The van der Waals surface area contributed by atoms with E-state index in [0.717, 1.165) is 12.0 Å². The van der Waals surface area contributed by atoms with Crippen molar-refractivity contribution in [2.45, 2.75) is 25.8 Å². The van der Waals surface area contributed by atoms with Gasteiger partial charge in [0.2, 0.25) is 0 Å². The second-order valence-corrected chi connectivity index (χ2v) is 3.22. The Labute approximate surface area is 83.8 Å². The fourth-order valence-corrected chi connectivity index (χ4v) is 1.33. The van der Waals surface area contributed by atoms with E-state index in [4.69, 9.17) is 11.0 Å². The van der Waals surface area contributed by atoms with Gasteiger partial charge in [0.05, 0.1) is 12.5 Å². The molecule has 1 atom stereocenters. The van der Waals surface area contributed by atoms with E-state index in [-0.39, 0.29) is 12.2 Å². The maximum Gasteiger partial charge on any atom is 0.120 e. The van der Waals surface area contributed by atoms with Crippen molar-refractivity contribution < 1.29 is 5.11 Å². The first-order chi connectivity index (χ1) is 6.69. The van der Waals surface area contributed by atoms with Gasteiger partial charge in [0.15, 0.2) is 0 Å². The monoisotopic (exact) mass is 190 g/mol. The van der Waals surface area contributed by atoms with Crippen LogP contribution >= 0.6 is 0 Å². The summed E-state index contributed by atoms with van der Waals surface area (Å²) in [4.78, 5) is 0. The van der Waals surface area contributed by atoms with E-state index in [2.05, 4.69) is 0 Å². The van der Waals surface area contributed by atoms with Crippen molar-refractivity contribution in [1.29, 1.82) is 5.26 Å². The summed E-state index contributed by atoms with van der Waals surface area (Å²) < 4.78 is 0. The van der Waals surface area contributed by atoms with Crippen molar-refractivity contribution in [2.24, 2.45) is 5.73 Å². The zero-order chi connectivity index (χ0) is 10.6. The number of nitrogens with zero attached hydrogens (tertiary/aromatic N) is 1. The molecule has 0 amide bonds. The van der Waals surface area contributed by atoms with Gasteiger partial charge in [-0.25, -0.2) is 0 Å². The summed E-state index contributed by atoms with van der Waals surface area (Å²) in [5.41, 5.74) is 7.42. The van der Waals surface area contributed by atoms with Crippen LogP contribution in [0.15, 0.2) is 18.2 Å². The van der Waals surface area contributed by atoms with E-state index in [1.165, 1.54) is 0 Å². The summed E-state index contributed by atoms with van der Waals surface area (Å²) in [6.07, 6.45) is 1.10. The molecule has 0 aromatic heterocycles. The highest BCUT2D eigenvalue weighted by molar-refractivity contribution is 5.38.